The van der Waals surface area contributed by atoms with Gasteiger partial charge < -0.3 is 14.8 Å². The zero-order chi connectivity index (χ0) is 19.3. The Kier molecular flexibility index (Phi) is 6.64. The van der Waals surface area contributed by atoms with Gasteiger partial charge in [-0.2, -0.15) is 0 Å². The van der Waals surface area contributed by atoms with Crippen LogP contribution in [0.5, 0.6) is 11.5 Å². The Morgan fingerprint density at radius 2 is 1.69 bits per heavy atom. The topological polar surface area (TPSA) is 60.5 Å². The molecule has 0 saturated carbocycles. The molecule has 26 heavy (non-hydrogen) atoms. The van der Waals surface area contributed by atoms with Crippen LogP contribution < -0.4 is 14.8 Å². The van der Waals surface area contributed by atoms with E-state index >= 15 is 0 Å². The van der Waals surface area contributed by atoms with Crippen LogP contribution in [0.15, 0.2) is 34.9 Å². The predicted octanol–water partition coefficient (Wildman–Crippen LogP) is 4.17. The smallest absolute Gasteiger partial charge is 0.270 e. The van der Waals surface area contributed by atoms with E-state index in [1.165, 1.54) is 0 Å². The number of carbonyl (C=O) groups excluding carboxylic acids is 1. The number of methoxy groups -OCH3 is 2. The van der Waals surface area contributed by atoms with Gasteiger partial charge in [-0.3, -0.25) is 4.79 Å². The standard InChI is InChI=1S/C20H25BrN2O3/c1-20(2,3)23-19(24)18-14(10-15(21)12-22-18)7-6-13-8-16(25-4)11-17(9-13)26-5/h8-12H,6-7H2,1-5H3,(H,23,24). The second kappa shape index (κ2) is 8.54. The van der Waals surface area contributed by atoms with Crippen molar-refractivity contribution in [3.8, 4) is 11.5 Å². The first kappa shape index (κ1) is 20.2. The normalized spacial score (nSPS) is 11.2. The number of nitrogens with zero attached hydrogens (tertiary/aromatic N) is 1. The summed E-state index contributed by atoms with van der Waals surface area (Å²) in [5, 5.41) is 2.97. The number of nitrogens with one attached hydrogen (secondary N) is 1. The number of rotatable bonds is 6. The van der Waals surface area contributed by atoms with Gasteiger partial charge in [-0.25, -0.2) is 4.98 Å². The van der Waals surface area contributed by atoms with Crippen molar-refractivity contribution in [1.29, 1.82) is 0 Å². The van der Waals surface area contributed by atoms with Crippen molar-refractivity contribution in [3.05, 3.63) is 51.8 Å². The molecular weight excluding hydrogens is 396 g/mol. The summed E-state index contributed by atoms with van der Waals surface area (Å²) in [6, 6.07) is 7.74. The van der Waals surface area contributed by atoms with Crippen molar-refractivity contribution >= 4 is 21.8 Å². The van der Waals surface area contributed by atoms with Crippen molar-refractivity contribution in [3.63, 3.8) is 0 Å². The van der Waals surface area contributed by atoms with Gasteiger partial charge in [0.05, 0.1) is 14.2 Å². The Hall–Kier alpha value is -2.08. The van der Waals surface area contributed by atoms with Crippen LogP contribution in [0.1, 0.15) is 42.4 Å². The second-order valence-electron chi connectivity index (χ2n) is 7.09. The van der Waals surface area contributed by atoms with E-state index in [4.69, 9.17) is 9.47 Å². The van der Waals surface area contributed by atoms with Crippen LogP contribution in [0.4, 0.5) is 0 Å². The molecule has 0 aliphatic rings. The second-order valence-corrected chi connectivity index (χ2v) is 8.00. The van der Waals surface area contributed by atoms with Gasteiger partial charge in [-0.05, 0) is 78.9 Å². The minimum Gasteiger partial charge on any atom is -0.497 e. The fourth-order valence-electron chi connectivity index (χ4n) is 2.57. The maximum atomic E-state index is 12.6. The molecule has 1 aromatic carbocycles. The first-order valence-corrected chi connectivity index (χ1v) is 9.20. The van der Waals surface area contributed by atoms with Crippen LogP contribution in [0.2, 0.25) is 0 Å². The lowest BCUT2D eigenvalue weighted by Gasteiger charge is -2.21. The molecule has 0 spiro atoms. The molecule has 1 N–H and O–H groups in total. The molecule has 2 rings (SSSR count). The maximum absolute atomic E-state index is 12.6. The molecule has 0 unspecified atom stereocenters. The number of aromatic nitrogens is 1. The zero-order valence-corrected chi connectivity index (χ0v) is 17.4. The number of benzene rings is 1. The molecule has 0 aliphatic heterocycles. The number of ether oxygens (including phenoxy) is 2. The van der Waals surface area contributed by atoms with Gasteiger partial charge in [-0.15, -0.1) is 0 Å². The highest BCUT2D eigenvalue weighted by molar-refractivity contribution is 9.10. The fraction of sp³-hybridized carbons (Fsp3) is 0.400. The molecule has 1 heterocycles. The fourth-order valence-corrected chi connectivity index (χ4v) is 2.94. The molecule has 6 heteroatoms. The minimum atomic E-state index is -0.316. The van der Waals surface area contributed by atoms with E-state index in [9.17, 15) is 4.79 Å². The number of hydrogen-bond donors (Lipinski definition) is 1. The Labute approximate surface area is 163 Å². The first-order chi connectivity index (χ1) is 12.2. The number of carbonyl (C=O) groups is 1. The SMILES string of the molecule is COc1cc(CCc2cc(Br)cnc2C(=O)NC(C)(C)C)cc(OC)c1. The summed E-state index contributed by atoms with van der Waals surface area (Å²) < 4.78 is 11.5. The summed E-state index contributed by atoms with van der Waals surface area (Å²) in [6.45, 7) is 5.85. The highest BCUT2D eigenvalue weighted by Crippen LogP contribution is 2.24. The zero-order valence-electron chi connectivity index (χ0n) is 15.9. The summed E-state index contributed by atoms with van der Waals surface area (Å²) in [6.07, 6.45) is 3.06. The van der Waals surface area contributed by atoms with Crippen LogP contribution in [0, 0.1) is 0 Å². The van der Waals surface area contributed by atoms with Crippen molar-refractivity contribution < 1.29 is 14.3 Å². The van der Waals surface area contributed by atoms with Crippen LogP contribution in [-0.4, -0.2) is 30.6 Å². The van der Waals surface area contributed by atoms with Gasteiger partial charge in [-0.1, -0.05) is 0 Å². The van der Waals surface area contributed by atoms with E-state index in [1.807, 2.05) is 45.0 Å². The summed E-state index contributed by atoms with van der Waals surface area (Å²) in [5.41, 5.74) is 2.10. The van der Waals surface area contributed by atoms with E-state index in [0.717, 1.165) is 33.5 Å². The number of hydrogen-bond acceptors (Lipinski definition) is 4. The molecule has 0 aliphatic carbocycles. The quantitative estimate of drug-likeness (QED) is 0.761. The summed E-state index contributed by atoms with van der Waals surface area (Å²) in [4.78, 5) is 16.9. The van der Waals surface area contributed by atoms with Gasteiger partial charge in [0.25, 0.3) is 5.91 Å². The van der Waals surface area contributed by atoms with Crippen molar-refractivity contribution in [1.82, 2.24) is 10.3 Å². The van der Waals surface area contributed by atoms with Crippen LogP contribution in [0.3, 0.4) is 0 Å². The molecule has 140 valence electrons. The summed E-state index contributed by atoms with van der Waals surface area (Å²) in [7, 11) is 3.26. The number of halogens is 1. The number of aryl methyl sites for hydroxylation is 2. The van der Waals surface area contributed by atoms with Crippen molar-refractivity contribution in [2.45, 2.75) is 39.2 Å². The van der Waals surface area contributed by atoms with Gasteiger partial charge in [0.15, 0.2) is 0 Å². The molecular formula is C20H25BrN2O3. The van der Waals surface area contributed by atoms with Crippen LogP contribution in [0.25, 0.3) is 0 Å². The lowest BCUT2D eigenvalue weighted by Crippen LogP contribution is -2.41. The van der Waals surface area contributed by atoms with Crippen LogP contribution >= 0.6 is 15.9 Å². The Morgan fingerprint density at radius 3 is 2.23 bits per heavy atom. The molecule has 0 fully saturated rings. The average molecular weight is 421 g/mol. The largest absolute Gasteiger partial charge is 0.497 e. The monoisotopic (exact) mass is 420 g/mol. The highest BCUT2D eigenvalue weighted by atomic mass is 79.9. The molecule has 1 aromatic heterocycles. The molecule has 1 amide bonds. The highest BCUT2D eigenvalue weighted by Gasteiger charge is 2.19. The lowest BCUT2D eigenvalue weighted by molar-refractivity contribution is 0.0913. The van der Waals surface area contributed by atoms with Gasteiger partial charge in [0, 0.05) is 22.3 Å². The Balaban J connectivity index is 2.24. The molecule has 0 bridgehead atoms. The third kappa shape index (κ3) is 5.73. The third-order valence-corrected chi connectivity index (χ3v) is 4.16. The van der Waals surface area contributed by atoms with E-state index in [1.54, 1.807) is 20.4 Å². The Bertz CT molecular complexity index is 763. The van der Waals surface area contributed by atoms with Crippen molar-refractivity contribution in [2.75, 3.05) is 14.2 Å². The maximum Gasteiger partial charge on any atom is 0.270 e. The number of pyridine rings is 1. The molecule has 0 radical (unpaired) electrons. The molecule has 0 atom stereocenters. The minimum absolute atomic E-state index is 0.164. The average Bonchev–Trinajstić information content (AvgIpc) is 2.58. The summed E-state index contributed by atoms with van der Waals surface area (Å²) >= 11 is 3.44. The van der Waals surface area contributed by atoms with Crippen LogP contribution in [-0.2, 0) is 12.8 Å². The van der Waals surface area contributed by atoms with E-state index < -0.39 is 0 Å². The van der Waals surface area contributed by atoms with Gasteiger partial charge in [0.1, 0.15) is 17.2 Å². The lowest BCUT2D eigenvalue weighted by atomic mass is 10.0. The van der Waals surface area contributed by atoms with E-state index in [0.29, 0.717) is 12.1 Å². The number of amides is 1. The summed E-state index contributed by atoms with van der Waals surface area (Å²) in [5.74, 6) is 1.33. The van der Waals surface area contributed by atoms with Crippen molar-refractivity contribution in [2.24, 2.45) is 0 Å². The molecule has 0 saturated heterocycles. The Morgan fingerprint density at radius 1 is 1.08 bits per heavy atom. The van der Waals surface area contributed by atoms with E-state index in [2.05, 4.69) is 26.2 Å². The van der Waals surface area contributed by atoms with E-state index in [-0.39, 0.29) is 11.4 Å². The van der Waals surface area contributed by atoms with Gasteiger partial charge in [0.2, 0.25) is 0 Å². The molecule has 5 nitrogen and oxygen atoms in total. The predicted molar refractivity (Wildman–Crippen MR) is 106 cm³/mol. The molecule has 2 aromatic rings. The third-order valence-electron chi connectivity index (χ3n) is 3.73. The first-order valence-electron chi connectivity index (χ1n) is 8.40. The van der Waals surface area contributed by atoms with Gasteiger partial charge >= 0.3 is 0 Å².